The lowest BCUT2D eigenvalue weighted by Gasteiger charge is -2.38. The molecule has 0 amide bonds. The number of methoxy groups -OCH3 is 3. The standard InChI is InChI=1S/C21H20Cl3NO3/c1-26-15-7-10(8-16(27-2)21(15)28-3)19-12-6-4-5-11(12)17-18(24)13(22)9-14(23)20(17)25-19/h4-5,7-9,11-12,19,25H,6H2,1-3H3/t11-,12+,19+/m1/s1. The first kappa shape index (κ1) is 19.6. The van der Waals surface area contributed by atoms with E-state index in [2.05, 4.69) is 17.5 Å². The molecule has 7 heteroatoms. The molecule has 1 aliphatic heterocycles. The summed E-state index contributed by atoms with van der Waals surface area (Å²) in [6, 6.07) is 5.63. The van der Waals surface area contributed by atoms with E-state index in [-0.39, 0.29) is 17.9 Å². The summed E-state index contributed by atoms with van der Waals surface area (Å²) in [4.78, 5) is 0. The van der Waals surface area contributed by atoms with Crippen molar-refractivity contribution in [1.29, 1.82) is 0 Å². The van der Waals surface area contributed by atoms with Gasteiger partial charge in [-0.1, -0.05) is 47.0 Å². The number of nitrogens with one attached hydrogen (secondary N) is 1. The number of allylic oxidation sites excluding steroid dienone is 2. The molecule has 0 fully saturated rings. The first-order chi connectivity index (χ1) is 13.5. The van der Waals surface area contributed by atoms with Gasteiger partial charge in [0.15, 0.2) is 11.5 Å². The molecule has 1 aliphatic carbocycles. The summed E-state index contributed by atoms with van der Waals surface area (Å²) < 4.78 is 16.5. The Labute approximate surface area is 179 Å². The zero-order valence-corrected chi connectivity index (χ0v) is 18.0. The number of ether oxygens (including phenoxy) is 3. The van der Waals surface area contributed by atoms with Crippen LogP contribution in [0.25, 0.3) is 0 Å². The molecule has 1 N–H and O–H groups in total. The van der Waals surface area contributed by atoms with Crippen LogP contribution in [-0.4, -0.2) is 21.3 Å². The number of hydrogen-bond acceptors (Lipinski definition) is 4. The second-order valence-electron chi connectivity index (χ2n) is 6.88. The van der Waals surface area contributed by atoms with Gasteiger partial charge >= 0.3 is 0 Å². The molecule has 4 rings (SSSR count). The third-order valence-corrected chi connectivity index (χ3v) is 6.63. The molecule has 0 bridgehead atoms. The van der Waals surface area contributed by atoms with E-state index in [1.54, 1.807) is 27.4 Å². The van der Waals surface area contributed by atoms with Crippen LogP contribution in [0.4, 0.5) is 5.69 Å². The van der Waals surface area contributed by atoms with Gasteiger partial charge in [-0.25, -0.2) is 0 Å². The minimum atomic E-state index is -0.00375. The molecule has 0 saturated carbocycles. The average Bonchev–Trinajstić information content (AvgIpc) is 3.19. The van der Waals surface area contributed by atoms with Gasteiger partial charge < -0.3 is 19.5 Å². The van der Waals surface area contributed by atoms with Gasteiger partial charge in [0.25, 0.3) is 0 Å². The van der Waals surface area contributed by atoms with Crippen LogP contribution < -0.4 is 19.5 Å². The molecule has 0 saturated heterocycles. The molecule has 28 heavy (non-hydrogen) atoms. The van der Waals surface area contributed by atoms with Crippen molar-refractivity contribution in [2.24, 2.45) is 5.92 Å². The summed E-state index contributed by atoms with van der Waals surface area (Å²) in [7, 11) is 4.82. The average molecular weight is 441 g/mol. The second-order valence-corrected chi connectivity index (χ2v) is 8.07. The van der Waals surface area contributed by atoms with Gasteiger partial charge in [0.05, 0.1) is 48.1 Å². The van der Waals surface area contributed by atoms with Crippen molar-refractivity contribution in [1.82, 2.24) is 0 Å². The molecule has 2 aromatic carbocycles. The molecule has 0 radical (unpaired) electrons. The van der Waals surface area contributed by atoms with Crippen LogP contribution in [0.2, 0.25) is 15.1 Å². The molecule has 3 atom stereocenters. The number of rotatable bonds is 4. The highest BCUT2D eigenvalue weighted by Crippen LogP contribution is 2.56. The van der Waals surface area contributed by atoms with E-state index in [1.807, 2.05) is 12.1 Å². The maximum atomic E-state index is 6.56. The SMILES string of the molecule is COc1cc([C@@H]2Nc3c(Cl)cc(Cl)c(Cl)c3[C@@H]3C=CC[C@@H]32)cc(OC)c1OC. The fraction of sp³-hybridized carbons (Fsp3) is 0.333. The minimum absolute atomic E-state index is 0.00375. The lowest BCUT2D eigenvalue weighted by Crippen LogP contribution is -2.29. The Morgan fingerprint density at radius 3 is 2.21 bits per heavy atom. The Kier molecular flexibility index (Phi) is 5.30. The van der Waals surface area contributed by atoms with Crippen LogP contribution in [0.1, 0.15) is 29.5 Å². The largest absolute Gasteiger partial charge is 0.493 e. The Morgan fingerprint density at radius 1 is 0.929 bits per heavy atom. The van der Waals surface area contributed by atoms with Crippen LogP contribution in [-0.2, 0) is 0 Å². The van der Waals surface area contributed by atoms with Crippen LogP contribution in [0.3, 0.4) is 0 Å². The smallest absolute Gasteiger partial charge is 0.203 e. The van der Waals surface area contributed by atoms with Gasteiger partial charge in [-0.3, -0.25) is 0 Å². The monoisotopic (exact) mass is 439 g/mol. The van der Waals surface area contributed by atoms with Crippen LogP contribution >= 0.6 is 34.8 Å². The van der Waals surface area contributed by atoms with Crippen molar-refractivity contribution >= 4 is 40.5 Å². The van der Waals surface area contributed by atoms with E-state index >= 15 is 0 Å². The lowest BCUT2D eigenvalue weighted by molar-refractivity contribution is 0.322. The molecule has 0 unspecified atom stereocenters. The number of benzene rings is 2. The second kappa shape index (κ2) is 7.58. The number of hydrogen-bond donors (Lipinski definition) is 1. The third-order valence-electron chi connectivity index (χ3n) is 5.53. The van der Waals surface area contributed by atoms with Gasteiger partial charge in [0.1, 0.15) is 0 Å². The van der Waals surface area contributed by atoms with Gasteiger partial charge in [-0.15, -0.1) is 0 Å². The minimum Gasteiger partial charge on any atom is -0.493 e. The third kappa shape index (κ3) is 2.99. The number of halogens is 3. The fourth-order valence-corrected chi connectivity index (χ4v) is 5.08. The van der Waals surface area contributed by atoms with Crippen LogP contribution in [0, 0.1) is 5.92 Å². The van der Waals surface area contributed by atoms with Crippen molar-refractivity contribution < 1.29 is 14.2 Å². The van der Waals surface area contributed by atoms with Crippen molar-refractivity contribution in [3.05, 3.63) is 56.5 Å². The maximum Gasteiger partial charge on any atom is 0.203 e. The molecule has 0 aromatic heterocycles. The molecule has 2 aromatic rings. The van der Waals surface area contributed by atoms with Gasteiger partial charge in [0.2, 0.25) is 5.75 Å². The molecule has 0 spiro atoms. The van der Waals surface area contributed by atoms with E-state index < -0.39 is 0 Å². The predicted octanol–water partition coefficient (Wildman–Crippen LogP) is 6.50. The number of fused-ring (bicyclic) bond motifs is 3. The quantitative estimate of drug-likeness (QED) is 0.435. The van der Waals surface area contributed by atoms with Crippen molar-refractivity contribution in [2.75, 3.05) is 26.6 Å². The normalized spacial score (nSPS) is 22.3. The molecular formula is C21H20Cl3NO3. The van der Waals surface area contributed by atoms with E-state index in [1.165, 1.54) is 0 Å². The topological polar surface area (TPSA) is 39.7 Å². The van der Waals surface area contributed by atoms with Crippen molar-refractivity contribution in [3.8, 4) is 17.2 Å². The Balaban J connectivity index is 1.86. The summed E-state index contributed by atoms with van der Waals surface area (Å²) in [5.74, 6) is 2.20. The summed E-state index contributed by atoms with van der Waals surface area (Å²) >= 11 is 19.4. The van der Waals surface area contributed by atoms with Gasteiger partial charge in [-0.05, 0) is 36.1 Å². The van der Waals surface area contributed by atoms with Crippen molar-refractivity contribution in [3.63, 3.8) is 0 Å². The molecule has 1 heterocycles. The van der Waals surface area contributed by atoms with Crippen LogP contribution in [0.15, 0.2) is 30.4 Å². The van der Waals surface area contributed by atoms with Crippen LogP contribution in [0.5, 0.6) is 17.2 Å². The van der Waals surface area contributed by atoms with E-state index in [4.69, 9.17) is 49.0 Å². The van der Waals surface area contributed by atoms with Gasteiger partial charge in [-0.2, -0.15) is 0 Å². The Bertz CT molecular complexity index is 935. The fourth-order valence-electron chi connectivity index (χ4n) is 4.27. The number of anilines is 1. The van der Waals surface area contributed by atoms with Crippen molar-refractivity contribution in [2.45, 2.75) is 18.4 Å². The molecule has 148 valence electrons. The molecule has 4 nitrogen and oxygen atoms in total. The Hall–Kier alpha value is -1.75. The predicted molar refractivity (Wildman–Crippen MR) is 114 cm³/mol. The van der Waals surface area contributed by atoms with E-state index in [9.17, 15) is 0 Å². The summed E-state index contributed by atoms with van der Waals surface area (Å²) in [5, 5.41) is 5.17. The molecule has 2 aliphatic rings. The highest BCUT2D eigenvalue weighted by Gasteiger charge is 2.41. The summed E-state index contributed by atoms with van der Waals surface area (Å²) in [6.45, 7) is 0. The first-order valence-corrected chi connectivity index (χ1v) is 10.0. The maximum absolute atomic E-state index is 6.56. The highest BCUT2D eigenvalue weighted by atomic mass is 35.5. The first-order valence-electron chi connectivity index (χ1n) is 8.90. The zero-order chi connectivity index (χ0) is 20.0. The molecular weight excluding hydrogens is 421 g/mol. The Morgan fingerprint density at radius 2 is 1.61 bits per heavy atom. The van der Waals surface area contributed by atoms with E-state index in [0.717, 1.165) is 23.2 Å². The van der Waals surface area contributed by atoms with Gasteiger partial charge in [0, 0.05) is 11.5 Å². The van der Waals surface area contributed by atoms with E-state index in [0.29, 0.717) is 32.3 Å². The highest BCUT2D eigenvalue weighted by molar-refractivity contribution is 6.44. The lowest BCUT2D eigenvalue weighted by atomic mass is 9.77. The zero-order valence-electron chi connectivity index (χ0n) is 15.7. The summed E-state index contributed by atoms with van der Waals surface area (Å²) in [5.41, 5.74) is 2.81. The summed E-state index contributed by atoms with van der Waals surface area (Å²) in [6.07, 6.45) is 5.29.